The van der Waals surface area contributed by atoms with Crippen molar-refractivity contribution in [1.82, 2.24) is 9.97 Å². The van der Waals surface area contributed by atoms with Crippen LogP contribution in [0.2, 0.25) is 0 Å². The van der Waals surface area contributed by atoms with Gasteiger partial charge in [0.15, 0.2) is 5.82 Å². The fourth-order valence-electron chi connectivity index (χ4n) is 2.78. The lowest BCUT2D eigenvalue weighted by Gasteiger charge is -2.34. The first-order valence-corrected chi connectivity index (χ1v) is 7.32. The molecule has 4 heteroatoms. The normalized spacial score (nSPS) is 20.2. The topological polar surface area (TPSA) is 61.0 Å². The molecule has 0 aromatic carbocycles. The standard InChI is InChI=1S/C15H25N3O/c1-3-13(16)9-12-10-17-14(18-11-12)15(19-2)7-5-4-6-8-15/h10-11,13H,3-9,16H2,1-2H3. The molecule has 19 heavy (non-hydrogen) atoms. The van der Waals surface area contributed by atoms with E-state index in [-0.39, 0.29) is 11.6 Å². The molecular weight excluding hydrogens is 238 g/mol. The number of hydrogen-bond acceptors (Lipinski definition) is 4. The van der Waals surface area contributed by atoms with Gasteiger partial charge in [0, 0.05) is 25.5 Å². The highest BCUT2D eigenvalue weighted by Crippen LogP contribution is 2.38. The lowest BCUT2D eigenvalue weighted by atomic mass is 9.84. The highest BCUT2D eigenvalue weighted by Gasteiger charge is 2.36. The van der Waals surface area contributed by atoms with Crippen LogP contribution < -0.4 is 5.73 Å². The summed E-state index contributed by atoms with van der Waals surface area (Å²) in [6.07, 6.45) is 11.4. The number of methoxy groups -OCH3 is 1. The van der Waals surface area contributed by atoms with Gasteiger partial charge in [-0.15, -0.1) is 0 Å². The molecule has 1 saturated carbocycles. The second-order valence-corrected chi connectivity index (χ2v) is 5.55. The third-order valence-electron chi connectivity index (χ3n) is 4.19. The Morgan fingerprint density at radius 1 is 1.26 bits per heavy atom. The van der Waals surface area contributed by atoms with Crippen LogP contribution in [-0.4, -0.2) is 23.1 Å². The highest BCUT2D eigenvalue weighted by molar-refractivity contribution is 5.11. The molecule has 0 amide bonds. The molecule has 1 aromatic heterocycles. The maximum atomic E-state index is 5.96. The fourth-order valence-corrected chi connectivity index (χ4v) is 2.78. The summed E-state index contributed by atoms with van der Waals surface area (Å²) in [4.78, 5) is 9.08. The fraction of sp³-hybridized carbons (Fsp3) is 0.733. The molecular formula is C15H25N3O. The van der Waals surface area contributed by atoms with Crippen molar-refractivity contribution in [3.63, 3.8) is 0 Å². The second kappa shape index (κ2) is 6.44. The Hall–Kier alpha value is -1.00. The minimum Gasteiger partial charge on any atom is -0.370 e. The molecule has 1 atom stereocenters. The monoisotopic (exact) mass is 263 g/mol. The Morgan fingerprint density at radius 3 is 2.42 bits per heavy atom. The first-order chi connectivity index (χ1) is 9.20. The quantitative estimate of drug-likeness (QED) is 0.887. The van der Waals surface area contributed by atoms with Crippen LogP contribution in [0.1, 0.15) is 56.8 Å². The molecule has 2 N–H and O–H groups in total. The minimum absolute atomic E-state index is 0.195. The summed E-state index contributed by atoms with van der Waals surface area (Å²) in [7, 11) is 1.77. The summed E-state index contributed by atoms with van der Waals surface area (Å²) >= 11 is 0. The van der Waals surface area contributed by atoms with Crippen LogP contribution in [0.4, 0.5) is 0 Å². The molecule has 0 saturated heterocycles. The van der Waals surface area contributed by atoms with Crippen LogP contribution in [-0.2, 0) is 16.8 Å². The van der Waals surface area contributed by atoms with Gasteiger partial charge in [0.25, 0.3) is 0 Å². The van der Waals surface area contributed by atoms with E-state index in [4.69, 9.17) is 10.5 Å². The zero-order chi connectivity index (χ0) is 13.7. The number of hydrogen-bond donors (Lipinski definition) is 1. The molecule has 1 heterocycles. The van der Waals surface area contributed by atoms with Crippen molar-refractivity contribution >= 4 is 0 Å². The van der Waals surface area contributed by atoms with Gasteiger partial charge in [-0.3, -0.25) is 0 Å². The van der Waals surface area contributed by atoms with Crippen molar-refractivity contribution in [2.75, 3.05) is 7.11 Å². The number of nitrogens with zero attached hydrogens (tertiary/aromatic N) is 2. The Balaban J connectivity index is 2.12. The van der Waals surface area contributed by atoms with Crippen molar-refractivity contribution in [2.24, 2.45) is 5.73 Å². The van der Waals surface area contributed by atoms with E-state index in [0.717, 1.165) is 37.1 Å². The average molecular weight is 263 g/mol. The molecule has 0 radical (unpaired) electrons. The van der Waals surface area contributed by atoms with E-state index < -0.39 is 0 Å². The van der Waals surface area contributed by atoms with Gasteiger partial charge in [0.2, 0.25) is 0 Å². The molecule has 106 valence electrons. The van der Waals surface area contributed by atoms with E-state index in [1.54, 1.807) is 7.11 Å². The van der Waals surface area contributed by atoms with Crippen LogP contribution in [0.3, 0.4) is 0 Å². The Labute approximate surface area is 115 Å². The van der Waals surface area contributed by atoms with E-state index in [1.807, 2.05) is 12.4 Å². The lowest BCUT2D eigenvalue weighted by molar-refractivity contribution is -0.0515. The SMILES string of the molecule is CCC(N)Cc1cnc(C2(OC)CCCCC2)nc1. The molecule has 0 bridgehead atoms. The van der Waals surface area contributed by atoms with E-state index in [1.165, 1.54) is 19.3 Å². The first-order valence-electron chi connectivity index (χ1n) is 7.32. The zero-order valence-electron chi connectivity index (χ0n) is 12.1. The van der Waals surface area contributed by atoms with Crippen molar-refractivity contribution in [3.05, 3.63) is 23.8 Å². The van der Waals surface area contributed by atoms with Crippen LogP contribution in [0.25, 0.3) is 0 Å². The van der Waals surface area contributed by atoms with Crippen molar-refractivity contribution < 1.29 is 4.74 Å². The van der Waals surface area contributed by atoms with Crippen LogP contribution >= 0.6 is 0 Å². The molecule has 4 nitrogen and oxygen atoms in total. The maximum absolute atomic E-state index is 5.96. The number of nitrogens with two attached hydrogens (primary N) is 1. The average Bonchev–Trinajstić information content (AvgIpc) is 2.48. The van der Waals surface area contributed by atoms with Crippen LogP contribution in [0, 0.1) is 0 Å². The summed E-state index contributed by atoms with van der Waals surface area (Å²) < 4.78 is 5.76. The number of aromatic nitrogens is 2. The summed E-state index contributed by atoms with van der Waals surface area (Å²) in [6.45, 7) is 2.10. The van der Waals surface area contributed by atoms with E-state index in [9.17, 15) is 0 Å². The van der Waals surface area contributed by atoms with Crippen LogP contribution in [0.5, 0.6) is 0 Å². The van der Waals surface area contributed by atoms with Gasteiger partial charge in [-0.1, -0.05) is 26.2 Å². The van der Waals surface area contributed by atoms with Gasteiger partial charge in [0.05, 0.1) is 0 Å². The number of ether oxygens (including phenoxy) is 1. The van der Waals surface area contributed by atoms with Gasteiger partial charge >= 0.3 is 0 Å². The molecule has 0 spiro atoms. The summed E-state index contributed by atoms with van der Waals surface area (Å²) in [6, 6.07) is 0.195. The van der Waals surface area contributed by atoms with Gasteiger partial charge in [-0.2, -0.15) is 0 Å². The summed E-state index contributed by atoms with van der Waals surface area (Å²) in [5, 5.41) is 0. The van der Waals surface area contributed by atoms with E-state index >= 15 is 0 Å². The third kappa shape index (κ3) is 3.31. The van der Waals surface area contributed by atoms with Gasteiger partial charge < -0.3 is 10.5 Å². The lowest BCUT2D eigenvalue weighted by Crippen LogP contribution is -2.33. The third-order valence-corrected chi connectivity index (χ3v) is 4.19. The molecule has 1 aliphatic carbocycles. The first kappa shape index (κ1) is 14.4. The predicted molar refractivity (Wildman–Crippen MR) is 75.8 cm³/mol. The van der Waals surface area contributed by atoms with Crippen molar-refractivity contribution in [1.29, 1.82) is 0 Å². The summed E-state index contributed by atoms with van der Waals surface area (Å²) in [5.74, 6) is 0.837. The Morgan fingerprint density at radius 2 is 1.89 bits per heavy atom. The maximum Gasteiger partial charge on any atom is 0.160 e. The molecule has 2 rings (SSSR count). The van der Waals surface area contributed by atoms with Crippen LogP contribution in [0.15, 0.2) is 12.4 Å². The second-order valence-electron chi connectivity index (χ2n) is 5.55. The smallest absolute Gasteiger partial charge is 0.160 e. The minimum atomic E-state index is -0.260. The van der Waals surface area contributed by atoms with E-state index in [2.05, 4.69) is 16.9 Å². The molecule has 1 aromatic rings. The van der Waals surface area contributed by atoms with Gasteiger partial charge in [0.1, 0.15) is 5.60 Å². The highest BCUT2D eigenvalue weighted by atomic mass is 16.5. The Bertz CT molecular complexity index is 385. The van der Waals surface area contributed by atoms with Crippen molar-refractivity contribution in [2.45, 2.75) is 63.5 Å². The molecule has 0 aliphatic heterocycles. The summed E-state index contributed by atoms with van der Waals surface area (Å²) in [5.41, 5.74) is 6.81. The molecule has 1 fully saturated rings. The molecule has 1 unspecified atom stereocenters. The predicted octanol–water partition coefficient (Wildman–Crippen LogP) is 2.56. The molecule has 1 aliphatic rings. The van der Waals surface area contributed by atoms with E-state index in [0.29, 0.717) is 0 Å². The largest absolute Gasteiger partial charge is 0.370 e. The van der Waals surface area contributed by atoms with Crippen molar-refractivity contribution in [3.8, 4) is 0 Å². The zero-order valence-corrected chi connectivity index (χ0v) is 12.1. The van der Waals surface area contributed by atoms with Gasteiger partial charge in [-0.25, -0.2) is 9.97 Å². The Kier molecular flexibility index (Phi) is 4.88. The van der Waals surface area contributed by atoms with Gasteiger partial charge in [-0.05, 0) is 31.2 Å². The number of rotatable bonds is 5.